The molecule has 4 heterocycles. The molecule has 1 N–H and O–H groups in total. The van der Waals surface area contributed by atoms with Crippen LogP contribution in [0.25, 0.3) is 75.2 Å². The standard InChI is InChI=1S/C45H27N3O2S/c1-2-12-26(13-3-1)43-46-44(32-18-11-23-38-40(32)31-16-6-9-22-37(31)51-38)48-45(47-43)42-28(24-25-36-41(42)30-15-5-8-20-34(30)50-36)27-17-10-21-35-39(27)29-14-4-7-19-33(29)49-35/h1-25,44H,(H,46,47,48). The number of nitrogens with zero attached hydrogens (tertiary/aromatic N) is 2. The van der Waals surface area contributed by atoms with Crippen LogP contribution in [-0.4, -0.2) is 11.7 Å². The van der Waals surface area contributed by atoms with Crippen molar-refractivity contribution in [2.45, 2.75) is 6.17 Å². The lowest BCUT2D eigenvalue weighted by molar-refractivity contribution is 0.668. The van der Waals surface area contributed by atoms with E-state index in [1.165, 1.54) is 20.2 Å². The third-order valence-corrected chi connectivity index (χ3v) is 11.1. The summed E-state index contributed by atoms with van der Waals surface area (Å²) in [5, 5.41) is 10.3. The number of thiophene rings is 1. The Morgan fingerprint density at radius 3 is 1.96 bits per heavy atom. The van der Waals surface area contributed by atoms with E-state index in [-0.39, 0.29) is 0 Å². The molecule has 0 aliphatic carbocycles. The Morgan fingerprint density at radius 1 is 0.490 bits per heavy atom. The zero-order chi connectivity index (χ0) is 33.5. The molecule has 5 nitrogen and oxygen atoms in total. The van der Waals surface area contributed by atoms with E-state index in [0.717, 1.165) is 77.5 Å². The Kier molecular flexibility index (Phi) is 6.12. The van der Waals surface area contributed by atoms with Crippen molar-refractivity contribution < 1.29 is 8.83 Å². The highest BCUT2D eigenvalue weighted by Gasteiger charge is 2.28. The summed E-state index contributed by atoms with van der Waals surface area (Å²) in [4.78, 5) is 10.9. The molecule has 0 saturated heterocycles. The quantitative estimate of drug-likeness (QED) is 0.202. The van der Waals surface area contributed by atoms with Gasteiger partial charge in [-0.1, -0.05) is 109 Å². The van der Waals surface area contributed by atoms with Crippen LogP contribution in [0.5, 0.6) is 0 Å². The van der Waals surface area contributed by atoms with Gasteiger partial charge in [-0.05, 0) is 53.6 Å². The lowest BCUT2D eigenvalue weighted by Crippen LogP contribution is -2.33. The summed E-state index contributed by atoms with van der Waals surface area (Å²) < 4.78 is 15.4. The van der Waals surface area contributed by atoms with Crippen LogP contribution in [0.1, 0.15) is 22.9 Å². The van der Waals surface area contributed by atoms with Gasteiger partial charge in [0.25, 0.3) is 0 Å². The number of furan rings is 2. The molecular formula is C45H27N3O2S. The van der Waals surface area contributed by atoms with Crippen LogP contribution in [0.4, 0.5) is 0 Å². The summed E-state index contributed by atoms with van der Waals surface area (Å²) in [5.41, 5.74) is 8.41. The molecule has 11 rings (SSSR count). The van der Waals surface area contributed by atoms with E-state index in [4.69, 9.17) is 18.8 Å². The summed E-state index contributed by atoms with van der Waals surface area (Å²) in [5.74, 6) is 1.41. The third-order valence-electron chi connectivity index (χ3n) is 9.98. The Labute approximate surface area is 295 Å². The lowest BCUT2D eigenvalue weighted by Gasteiger charge is -2.25. The van der Waals surface area contributed by atoms with Gasteiger partial charge in [0.1, 0.15) is 34.3 Å². The van der Waals surface area contributed by atoms with Gasteiger partial charge in [-0.15, -0.1) is 11.3 Å². The molecule has 3 aromatic heterocycles. The fraction of sp³-hybridized carbons (Fsp3) is 0.0222. The smallest absolute Gasteiger partial charge is 0.160 e. The van der Waals surface area contributed by atoms with Crippen molar-refractivity contribution in [3.05, 3.63) is 168 Å². The van der Waals surface area contributed by atoms with Crippen LogP contribution in [0.3, 0.4) is 0 Å². The topological polar surface area (TPSA) is 63.0 Å². The molecule has 0 radical (unpaired) electrons. The molecule has 0 fully saturated rings. The monoisotopic (exact) mass is 673 g/mol. The maximum absolute atomic E-state index is 6.50. The first-order valence-corrected chi connectivity index (χ1v) is 17.8. The van der Waals surface area contributed by atoms with E-state index in [1.54, 1.807) is 0 Å². The van der Waals surface area contributed by atoms with Crippen LogP contribution >= 0.6 is 11.3 Å². The van der Waals surface area contributed by atoms with E-state index < -0.39 is 6.17 Å². The van der Waals surface area contributed by atoms with Gasteiger partial charge < -0.3 is 14.2 Å². The Morgan fingerprint density at radius 2 is 1.14 bits per heavy atom. The number of fused-ring (bicyclic) bond motifs is 9. The predicted octanol–water partition coefficient (Wildman–Crippen LogP) is 12.0. The second kappa shape index (κ2) is 11.0. The SMILES string of the molecule is c1ccc(C2=NC(c3c(-c4cccc5oc6ccccc6c45)ccc4oc5ccccc5c34)=NC(c3cccc4sc5ccccc5c34)N2)cc1. The van der Waals surface area contributed by atoms with Gasteiger partial charge in [0.05, 0.1) is 0 Å². The van der Waals surface area contributed by atoms with Crippen molar-refractivity contribution >= 4 is 87.1 Å². The van der Waals surface area contributed by atoms with Crippen LogP contribution in [0, 0.1) is 0 Å². The molecule has 0 bridgehead atoms. The highest BCUT2D eigenvalue weighted by Crippen LogP contribution is 2.44. The highest BCUT2D eigenvalue weighted by molar-refractivity contribution is 7.25. The van der Waals surface area contributed by atoms with Crippen LogP contribution in [0.15, 0.2) is 170 Å². The zero-order valence-corrected chi connectivity index (χ0v) is 27.9. The molecule has 0 saturated carbocycles. The highest BCUT2D eigenvalue weighted by atomic mass is 32.1. The summed E-state index contributed by atoms with van der Waals surface area (Å²) in [6.45, 7) is 0. The number of para-hydroxylation sites is 2. The van der Waals surface area contributed by atoms with Gasteiger partial charge in [0.15, 0.2) is 5.84 Å². The molecule has 10 aromatic rings. The minimum atomic E-state index is -0.402. The molecule has 1 atom stereocenters. The minimum absolute atomic E-state index is 0.402. The molecular weight excluding hydrogens is 647 g/mol. The van der Waals surface area contributed by atoms with E-state index in [2.05, 4.69) is 108 Å². The average molecular weight is 674 g/mol. The zero-order valence-electron chi connectivity index (χ0n) is 27.1. The molecule has 1 aliphatic heterocycles. The molecule has 51 heavy (non-hydrogen) atoms. The molecule has 1 unspecified atom stereocenters. The first-order valence-electron chi connectivity index (χ1n) is 17.0. The maximum atomic E-state index is 6.50. The number of benzene rings is 7. The van der Waals surface area contributed by atoms with Crippen molar-refractivity contribution in [1.29, 1.82) is 0 Å². The predicted molar refractivity (Wildman–Crippen MR) is 211 cm³/mol. The molecule has 7 aromatic carbocycles. The Bertz CT molecular complexity index is 3070. The van der Waals surface area contributed by atoms with E-state index in [9.17, 15) is 0 Å². The molecule has 240 valence electrons. The van der Waals surface area contributed by atoms with E-state index in [1.807, 2.05) is 59.9 Å². The Hall–Kier alpha value is -6.50. The molecule has 6 heteroatoms. The van der Waals surface area contributed by atoms with Crippen molar-refractivity contribution in [1.82, 2.24) is 5.32 Å². The van der Waals surface area contributed by atoms with Crippen molar-refractivity contribution in [3.8, 4) is 11.1 Å². The second-order valence-corrected chi connectivity index (χ2v) is 14.0. The number of nitrogens with one attached hydrogen (secondary N) is 1. The van der Waals surface area contributed by atoms with Crippen molar-refractivity contribution in [2.24, 2.45) is 9.98 Å². The maximum Gasteiger partial charge on any atom is 0.160 e. The fourth-order valence-electron chi connectivity index (χ4n) is 7.77. The van der Waals surface area contributed by atoms with Gasteiger partial charge in [-0.3, -0.25) is 0 Å². The normalized spacial score (nSPS) is 14.9. The number of hydrogen-bond acceptors (Lipinski definition) is 6. The van der Waals surface area contributed by atoms with Gasteiger partial charge in [-0.2, -0.15) is 0 Å². The number of amidine groups is 2. The minimum Gasteiger partial charge on any atom is -0.456 e. The lowest BCUT2D eigenvalue weighted by atomic mass is 9.91. The molecule has 0 amide bonds. The van der Waals surface area contributed by atoms with Crippen molar-refractivity contribution in [3.63, 3.8) is 0 Å². The second-order valence-electron chi connectivity index (χ2n) is 12.9. The fourth-order valence-corrected chi connectivity index (χ4v) is 8.91. The first kappa shape index (κ1) is 28.3. The number of aliphatic imine (C=N–C) groups is 2. The molecule has 1 aliphatic rings. The van der Waals surface area contributed by atoms with Gasteiger partial charge >= 0.3 is 0 Å². The first-order chi connectivity index (χ1) is 25.3. The molecule has 0 spiro atoms. The average Bonchev–Trinajstić information content (AvgIpc) is 3.89. The van der Waals surface area contributed by atoms with Crippen LogP contribution in [0.2, 0.25) is 0 Å². The third kappa shape index (κ3) is 4.33. The largest absolute Gasteiger partial charge is 0.456 e. The van der Waals surface area contributed by atoms with Crippen LogP contribution in [-0.2, 0) is 0 Å². The summed E-state index contributed by atoms with van der Waals surface area (Å²) in [6.07, 6.45) is -0.402. The van der Waals surface area contributed by atoms with E-state index >= 15 is 0 Å². The van der Waals surface area contributed by atoms with Gasteiger partial charge in [0.2, 0.25) is 0 Å². The summed E-state index contributed by atoms with van der Waals surface area (Å²) in [7, 11) is 0. The number of rotatable bonds is 4. The summed E-state index contributed by atoms with van der Waals surface area (Å²) in [6, 6.07) is 52.5. The Balaban J connectivity index is 1.25. The van der Waals surface area contributed by atoms with Gasteiger partial charge in [0, 0.05) is 58.4 Å². The summed E-state index contributed by atoms with van der Waals surface area (Å²) >= 11 is 1.81. The number of hydrogen-bond donors (Lipinski definition) is 1. The van der Waals surface area contributed by atoms with Crippen LogP contribution < -0.4 is 5.32 Å². The van der Waals surface area contributed by atoms with Crippen molar-refractivity contribution in [2.75, 3.05) is 0 Å². The van der Waals surface area contributed by atoms with E-state index in [0.29, 0.717) is 5.84 Å². The van der Waals surface area contributed by atoms with Gasteiger partial charge in [-0.25, -0.2) is 9.98 Å².